The molecular formula is C15H21BN2O4. The molecule has 1 aliphatic carbocycles. The van der Waals surface area contributed by atoms with Crippen molar-refractivity contribution in [1.29, 1.82) is 0 Å². The first kappa shape index (κ1) is 15.3. The van der Waals surface area contributed by atoms with Gasteiger partial charge in [-0.3, -0.25) is 9.78 Å². The Morgan fingerprint density at radius 2 is 1.86 bits per heavy atom. The Kier molecular flexibility index (Phi) is 3.45. The highest BCUT2D eigenvalue weighted by Gasteiger charge is 2.53. The maximum atomic E-state index is 11.7. The monoisotopic (exact) mass is 304 g/mol. The Morgan fingerprint density at radius 3 is 2.36 bits per heavy atom. The van der Waals surface area contributed by atoms with E-state index in [4.69, 9.17) is 19.8 Å². The molecule has 1 saturated heterocycles. The van der Waals surface area contributed by atoms with Crippen LogP contribution in [-0.4, -0.2) is 35.3 Å². The number of hydrogen-bond donors (Lipinski definition) is 1. The molecule has 0 atom stereocenters. The zero-order valence-electron chi connectivity index (χ0n) is 13.4. The molecule has 2 aliphatic rings. The van der Waals surface area contributed by atoms with Gasteiger partial charge in [-0.25, -0.2) is 0 Å². The molecule has 2 heterocycles. The smallest absolute Gasteiger partial charge is 0.490 e. The number of carbonyl (C=O) groups excluding carboxylic acids is 1. The summed E-state index contributed by atoms with van der Waals surface area (Å²) in [4.78, 5) is 15.8. The first-order valence-corrected chi connectivity index (χ1v) is 7.51. The molecule has 7 heteroatoms. The third-order valence-electron chi connectivity index (χ3n) is 4.51. The molecule has 1 amide bonds. The van der Waals surface area contributed by atoms with Crippen LogP contribution >= 0.6 is 0 Å². The van der Waals surface area contributed by atoms with Gasteiger partial charge in [0.25, 0.3) is 5.91 Å². The summed E-state index contributed by atoms with van der Waals surface area (Å²) in [6.07, 6.45) is 5.12. The topological polar surface area (TPSA) is 83.7 Å². The van der Waals surface area contributed by atoms with Crippen molar-refractivity contribution in [2.45, 2.75) is 57.8 Å². The van der Waals surface area contributed by atoms with Gasteiger partial charge in [-0.05, 0) is 40.5 Å². The quantitative estimate of drug-likeness (QED) is 0.840. The number of aromatic nitrogens is 1. The van der Waals surface area contributed by atoms with Crippen molar-refractivity contribution >= 4 is 18.5 Å². The number of ether oxygens (including phenoxy) is 1. The molecule has 2 N–H and O–H groups in total. The van der Waals surface area contributed by atoms with Crippen molar-refractivity contribution in [3.63, 3.8) is 0 Å². The van der Waals surface area contributed by atoms with Crippen molar-refractivity contribution in [3.8, 4) is 5.75 Å². The largest absolute Gasteiger partial charge is 0.500 e. The highest BCUT2D eigenvalue weighted by molar-refractivity contribution is 6.63. The average Bonchev–Trinajstić information content (AvgIpc) is 3.17. The summed E-state index contributed by atoms with van der Waals surface area (Å²) in [5.41, 5.74) is 5.37. The highest BCUT2D eigenvalue weighted by Crippen LogP contribution is 2.38. The zero-order valence-corrected chi connectivity index (χ0v) is 13.4. The number of primary amides is 1. The first-order chi connectivity index (χ1) is 10.2. The van der Waals surface area contributed by atoms with E-state index in [0.717, 1.165) is 12.8 Å². The molecule has 0 unspecified atom stereocenters. The number of nitrogens with zero attached hydrogens (tertiary/aromatic N) is 1. The summed E-state index contributed by atoms with van der Waals surface area (Å²) in [7, 11) is -0.634. The fourth-order valence-corrected chi connectivity index (χ4v) is 2.26. The van der Waals surface area contributed by atoms with Gasteiger partial charge in [0.1, 0.15) is 5.75 Å². The average molecular weight is 304 g/mol. The third kappa shape index (κ3) is 2.59. The van der Waals surface area contributed by atoms with Crippen LogP contribution in [0.5, 0.6) is 5.75 Å². The molecule has 3 rings (SSSR count). The summed E-state index contributed by atoms with van der Waals surface area (Å²) < 4.78 is 18.0. The summed E-state index contributed by atoms with van der Waals surface area (Å²) >= 11 is 0. The third-order valence-corrected chi connectivity index (χ3v) is 4.51. The number of pyridine rings is 1. The predicted octanol–water partition coefficient (Wildman–Crippen LogP) is 1.02. The normalized spacial score (nSPS) is 22.6. The SMILES string of the molecule is CC1(C)OB(c2cncc(C(N)=O)c2OC2CC2)OC1(C)C. The van der Waals surface area contributed by atoms with E-state index in [0.29, 0.717) is 11.2 Å². The van der Waals surface area contributed by atoms with Gasteiger partial charge in [-0.1, -0.05) is 0 Å². The second-order valence-electron chi connectivity index (χ2n) is 6.88. The van der Waals surface area contributed by atoms with Crippen LogP contribution < -0.4 is 15.9 Å². The fourth-order valence-electron chi connectivity index (χ4n) is 2.26. The van der Waals surface area contributed by atoms with Crippen LogP contribution in [-0.2, 0) is 9.31 Å². The summed E-state index contributed by atoms with van der Waals surface area (Å²) in [6, 6.07) is 0. The molecule has 0 bridgehead atoms. The predicted molar refractivity (Wildman–Crippen MR) is 82.1 cm³/mol. The Labute approximate surface area is 130 Å². The van der Waals surface area contributed by atoms with Gasteiger partial charge < -0.3 is 19.8 Å². The van der Waals surface area contributed by atoms with Gasteiger partial charge in [0.05, 0.1) is 22.9 Å². The lowest BCUT2D eigenvalue weighted by molar-refractivity contribution is 0.00578. The summed E-state index contributed by atoms with van der Waals surface area (Å²) in [6.45, 7) is 7.89. The number of nitrogens with two attached hydrogens (primary N) is 1. The molecule has 1 saturated carbocycles. The lowest BCUT2D eigenvalue weighted by Crippen LogP contribution is -2.41. The van der Waals surface area contributed by atoms with E-state index in [1.54, 1.807) is 6.20 Å². The Balaban J connectivity index is 2.00. The van der Waals surface area contributed by atoms with E-state index in [-0.39, 0.29) is 11.7 Å². The van der Waals surface area contributed by atoms with E-state index in [9.17, 15) is 4.79 Å². The lowest BCUT2D eigenvalue weighted by Gasteiger charge is -2.32. The second-order valence-corrected chi connectivity index (χ2v) is 6.88. The molecule has 6 nitrogen and oxygen atoms in total. The molecule has 0 spiro atoms. The van der Waals surface area contributed by atoms with Crippen LogP contribution in [0.4, 0.5) is 0 Å². The Bertz CT molecular complexity index is 598. The van der Waals surface area contributed by atoms with Gasteiger partial charge in [0, 0.05) is 17.9 Å². The molecule has 2 fully saturated rings. The number of hydrogen-bond acceptors (Lipinski definition) is 5. The van der Waals surface area contributed by atoms with Crippen molar-refractivity contribution in [1.82, 2.24) is 4.98 Å². The van der Waals surface area contributed by atoms with Crippen LogP contribution in [0, 0.1) is 0 Å². The van der Waals surface area contributed by atoms with Gasteiger partial charge >= 0.3 is 7.12 Å². The van der Waals surface area contributed by atoms with Crippen molar-refractivity contribution in [2.75, 3.05) is 0 Å². The van der Waals surface area contributed by atoms with Gasteiger partial charge in [0.2, 0.25) is 0 Å². The zero-order chi connectivity index (χ0) is 16.1. The molecule has 0 radical (unpaired) electrons. The van der Waals surface area contributed by atoms with Gasteiger partial charge in [0.15, 0.2) is 0 Å². The minimum Gasteiger partial charge on any atom is -0.490 e. The van der Waals surface area contributed by atoms with Gasteiger partial charge in [-0.15, -0.1) is 0 Å². The molecule has 1 aromatic heterocycles. The van der Waals surface area contributed by atoms with E-state index >= 15 is 0 Å². The maximum Gasteiger partial charge on any atom is 0.500 e. The van der Waals surface area contributed by atoms with E-state index in [1.807, 2.05) is 27.7 Å². The van der Waals surface area contributed by atoms with E-state index in [1.165, 1.54) is 6.20 Å². The number of rotatable bonds is 4. The molecule has 0 aromatic carbocycles. The van der Waals surface area contributed by atoms with Crippen molar-refractivity contribution in [2.24, 2.45) is 5.73 Å². The fraction of sp³-hybridized carbons (Fsp3) is 0.600. The minimum atomic E-state index is -0.634. The molecule has 118 valence electrons. The second kappa shape index (κ2) is 4.96. The first-order valence-electron chi connectivity index (χ1n) is 7.51. The maximum absolute atomic E-state index is 11.7. The Hall–Kier alpha value is -1.60. The highest BCUT2D eigenvalue weighted by atomic mass is 16.7. The van der Waals surface area contributed by atoms with E-state index in [2.05, 4.69) is 4.98 Å². The van der Waals surface area contributed by atoms with Crippen LogP contribution in [0.25, 0.3) is 0 Å². The lowest BCUT2D eigenvalue weighted by atomic mass is 9.78. The number of carbonyl (C=O) groups is 1. The number of amides is 1. The molecule has 1 aliphatic heterocycles. The van der Waals surface area contributed by atoms with Crippen LogP contribution in [0.2, 0.25) is 0 Å². The van der Waals surface area contributed by atoms with Gasteiger partial charge in [-0.2, -0.15) is 0 Å². The van der Waals surface area contributed by atoms with Crippen LogP contribution in [0.3, 0.4) is 0 Å². The van der Waals surface area contributed by atoms with Crippen LogP contribution in [0.15, 0.2) is 12.4 Å². The minimum absolute atomic E-state index is 0.127. The summed E-state index contributed by atoms with van der Waals surface area (Å²) in [5.74, 6) is -0.134. The van der Waals surface area contributed by atoms with Crippen molar-refractivity contribution in [3.05, 3.63) is 18.0 Å². The van der Waals surface area contributed by atoms with E-state index < -0.39 is 24.2 Å². The van der Waals surface area contributed by atoms with Crippen LogP contribution in [0.1, 0.15) is 50.9 Å². The molecule has 22 heavy (non-hydrogen) atoms. The standard InChI is InChI=1S/C15H21BN2O4/c1-14(2)15(3,4)22-16(21-14)11-8-18-7-10(13(17)19)12(11)20-9-5-6-9/h7-9H,5-6H2,1-4H3,(H2,17,19). The molecular weight excluding hydrogens is 283 g/mol. The Morgan fingerprint density at radius 1 is 1.27 bits per heavy atom. The van der Waals surface area contributed by atoms with Crippen molar-refractivity contribution < 1.29 is 18.8 Å². The molecule has 1 aromatic rings. The summed E-state index contributed by atoms with van der Waals surface area (Å²) in [5, 5.41) is 0.